The third-order valence-corrected chi connectivity index (χ3v) is 7.80. The standard InChI is InChI=1S/4C10H15.2ClH.2Zr/c4*1-3-4-7-10-8-5-6-9(10)2;;;;/h4*5-6,8H,3-4,7H2,1-2H3;2*1H;;/q4*-1;;;2*+4/p-2. The molecular weight excluding hydrogens is 734 g/mol. The molecule has 4 rings (SSSR count). The summed E-state index contributed by atoms with van der Waals surface area (Å²) in [4.78, 5) is 0. The molecule has 0 aliphatic rings. The summed E-state index contributed by atoms with van der Waals surface area (Å²) in [6.45, 7) is 17.7. The van der Waals surface area contributed by atoms with Gasteiger partial charge in [0, 0.05) is 0 Å². The van der Waals surface area contributed by atoms with E-state index in [4.69, 9.17) is 0 Å². The Labute approximate surface area is 324 Å². The van der Waals surface area contributed by atoms with Gasteiger partial charge in [-0.05, 0) is 0 Å². The van der Waals surface area contributed by atoms with E-state index in [0.29, 0.717) is 0 Å². The summed E-state index contributed by atoms with van der Waals surface area (Å²) in [5.74, 6) is 0. The van der Waals surface area contributed by atoms with Crippen molar-refractivity contribution < 1.29 is 77.2 Å². The van der Waals surface area contributed by atoms with Crippen LogP contribution in [-0.4, -0.2) is 0 Å². The maximum atomic E-state index is 2.23. The van der Waals surface area contributed by atoms with Crippen molar-refractivity contribution in [3.05, 3.63) is 117 Å². The topological polar surface area (TPSA) is 0 Å². The molecule has 240 valence electrons. The molecule has 0 atom stereocenters. The molecule has 4 heteroatoms. The van der Waals surface area contributed by atoms with E-state index in [9.17, 15) is 0 Å². The molecule has 0 radical (unpaired) electrons. The summed E-state index contributed by atoms with van der Waals surface area (Å²) in [5, 5.41) is 0. The van der Waals surface area contributed by atoms with Crippen molar-refractivity contribution in [3.63, 3.8) is 0 Å². The number of hydrogen-bond donors (Lipinski definition) is 0. The van der Waals surface area contributed by atoms with Crippen LogP contribution in [-0.2, 0) is 78.1 Å². The molecule has 0 aromatic heterocycles. The summed E-state index contributed by atoms with van der Waals surface area (Å²) in [5.41, 5.74) is 11.9. The fourth-order valence-electron chi connectivity index (χ4n) is 4.78. The smallest absolute Gasteiger partial charge is 1.00 e. The minimum absolute atomic E-state index is 0. The van der Waals surface area contributed by atoms with Crippen LogP contribution in [0, 0.1) is 27.7 Å². The minimum atomic E-state index is 0. The first-order valence-electron chi connectivity index (χ1n) is 16.2. The van der Waals surface area contributed by atoms with Crippen LogP contribution in [0.25, 0.3) is 0 Å². The molecule has 0 N–H and O–H groups in total. The van der Waals surface area contributed by atoms with E-state index in [-0.39, 0.29) is 77.2 Å². The van der Waals surface area contributed by atoms with E-state index < -0.39 is 0 Å². The Morgan fingerprint density at radius 1 is 0.386 bits per heavy atom. The van der Waals surface area contributed by atoms with Gasteiger partial charge in [-0.1, -0.05) is 132 Å². The number of hydrogen-bond acceptors (Lipinski definition) is 0. The molecule has 0 bridgehead atoms. The van der Waals surface area contributed by atoms with Gasteiger partial charge in [-0.2, -0.15) is 68.8 Å². The van der Waals surface area contributed by atoms with Crippen molar-refractivity contribution in [1.29, 1.82) is 0 Å². The van der Waals surface area contributed by atoms with Crippen molar-refractivity contribution in [2.45, 2.75) is 132 Å². The van der Waals surface area contributed by atoms with Gasteiger partial charge in [0.25, 0.3) is 0 Å². The van der Waals surface area contributed by atoms with Crippen molar-refractivity contribution in [2.75, 3.05) is 0 Å². The molecule has 0 aliphatic heterocycles. The van der Waals surface area contributed by atoms with E-state index >= 15 is 0 Å². The second kappa shape index (κ2) is 32.7. The van der Waals surface area contributed by atoms with Gasteiger partial charge in [0.05, 0.1) is 0 Å². The predicted octanol–water partition coefficient (Wildman–Crippen LogP) is 6.23. The van der Waals surface area contributed by atoms with Crippen LogP contribution in [0.15, 0.2) is 72.8 Å². The largest absolute Gasteiger partial charge is 4.00 e. The molecule has 0 nitrogen and oxygen atoms in total. The van der Waals surface area contributed by atoms with Crippen LogP contribution in [0.4, 0.5) is 0 Å². The molecular formula is C40H60Cl2Zr2+2. The van der Waals surface area contributed by atoms with Gasteiger partial charge in [-0.25, -0.2) is 48.5 Å². The van der Waals surface area contributed by atoms with Crippen LogP contribution >= 0.6 is 0 Å². The quantitative estimate of drug-likeness (QED) is 0.150. The van der Waals surface area contributed by atoms with Crippen molar-refractivity contribution in [1.82, 2.24) is 0 Å². The summed E-state index contributed by atoms with van der Waals surface area (Å²) >= 11 is 0. The van der Waals surface area contributed by atoms with Gasteiger partial charge in [0.1, 0.15) is 0 Å². The molecule has 0 amide bonds. The predicted molar refractivity (Wildman–Crippen MR) is 182 cm³/mol. The van der Waals surface area contributed by atoms with Crippen LogP contribution in [0.2, 0.25) is 0 Å². The molecule has 4 aromatic carbocycles. The Kier molecular flexibility index (Phi) is 37.6. The Hall–Kier alpha value is -0.254. The van der Waals surface area contributed by atoms with Gasteiger partial charge in [-0.3, -0.25) is 0 Å². The third kappa shape index (κ3) is 22.3. The van der Waals surface area contributed by atoms with E-state index in [2.05, 4.69) is 128 Å². The van der Waals surface area contributed by atoms with Crippen molar-refractivity contribution >= 4 is 0 Å². The van der Waals surface area contributed by atoms with Gasteiger partial charge in [0.2, 0.25) is 0 Å². The molecule has 0 aliphatic carbocycles. The van der Waals surface area contributed by atoms with Gasteiger partial charge < -0.3 is 24.8 Å². The zero-order valence-corrected chi connectivity index (χ0v) is 35.6. The Morgan fingerprint density at radius 3 is 0.682 bits per heavy atom. The first-order valence-corrected chi connectivity index (χ1v) is 16.2. The summed E-state index contributed by atoms with van der Waals surface area (Å²) in [7, 11) is 0. The molecule has 0 unspecified atom stereocenters. The van der Waals surface area contributed by atoms with Crippen LogP contribution < -0.4 is 24.8 Å². The molecule has 0 saturated carbocycles. The van der Waals surface area contributed by atoms with E-state index in [1.807, 2.05) is 0 Å². The molecule has 44 heavy (non-hydrogen) atoms. The third-order valence-electron chi connectivity index (χ3n) is 7.80. The SMILES string of the molecule is CCCC[c-]1cccc1C.CCCC[c-]1cccc1C.CCCC[c-]1cccc1C.CCCC[c-]1cccc1C.[Cl-].[Cl-].[Zr+4].[Zr+4]. The summed E-state index contributed by atoms with van der Waals surface area (Å²) < 4.78 is 0. The monoisotopic (exact) mass is 790 g/mol. The Bertz CT molecular complexity index is 935. The van der Waals surface area contributed by atoms with Gasteiger partial charge in [0.15, 0.2) is 0 Å². The normalized spacial score (nSPS) is 9.27. The zero-order chi connectivity index (χ0) is 29.6. The number of rotatable bonds is 12. The van der Waals surface area contributed by atoms with Crippen molar-refractivity contribution in [2.24, 2.45) is 0 Å². The number of unbranched alkanes of at least 4 members (excludes halogenated alkanes) is 4. The Balaban J connectivity index is -0.000000235. The van der Waals surface area contributed by atoms with E-state index in [1.54, 1.807) is 0 Å². The molecule has 0 fully saturated rings. The number of halogens is 2. The molecule has 0 saturated heterocycles. The van der Waals surface area contributed by atoms with Crippen LogP contribution in [0.3, 0.4) is 0 Å². The average Bonchev–Trinajstić information content (AvgIpc) is 3.76. The molecule has 0 heterocycles. The van der Waals surface area contributed by atoms with E-state index in [1.165, 1.54) is 122 Å². The first kappa shape index (κ1) is 50.6. The fraction of sp³-hybridized carbons (Fsp3) is 0.500. The second-order valence-corrected chi connectivity index (χ2v) is 11.4. The summed E-state index contributed by atoms with van der Waals surface area (Å²) in [6.07, 6.45) is 15.5. The second-order valence-electron chi connectivity index (χ2n) is 11.4. The maximum Gasteiger partial charge on any atom is 4.00 e. The first-order chi connectivity index (χ1) is 19.4. The molecule has 0 spiro atoms. The van der Waals surface area contributed by atoms with Gasteiger partial charge >= 0.3 is 52.4 Å². The Morgan fingerprint density at radius 2 is 0.568 bits per heavy atom. The minimum Gasteiger partial charge on any atom is -1.00 e. The maximum absolute atomic E-state index is 2.23. The zero-order valence-electron chi connectivity index (χ0n) is 29.2. The van der Waals surface area contributed by atoms with E-state index in [0.717, 1.165) is 0 Å². The van der Waals surface area contributed by atoms with Crippen molar-refractivity contribution in [3.8, 4) is 0 Å². The fourth-order valence-corrected chi connectivity index (χ4v) is 4.78. The summed E-state index contributed by atoms with van der Waals surface area (Å²) in [6, 6.07) is 26.2. The molecule has 4 aromatic rings. The van der Waals surface area contributed by atoms with Gasteiger partial charge in [-0.15, -0.1) is 0 Å². The van der Waals surface area contributed by atoms with Crippen LogP contribution in [0.5, 0.6) is 0 Å². The van der Waals surface area contributed by atoms with Crippen LogP contribution in [0.1, 0.15) is 124 Å². The number of aryl methyl sites for hydroxylation is 8. The average molecular weight is 794 g/mol.